The molecule has 92 valence electrons. The predicted octanol–water partition coefficient (Wildman–Crippen LogP) is 2.34. The topological polar surface area (TPSA) is 78.3 Å². The molecule has 0 spiro atoms. The standard InChI is InChI=1S/C14H14N2O2/c1-18-14-7-11(16)3-5-13(14)12-4-2-10(15)6-9(12)8-17/h2-8H,15-16H2,1H3. The summed E-state index contributed by atoms with van der Waals surface area (Å²) in [6.45, 7) is 0. The summed E-state index contributed by atoms with van der Waals surface area (Å²) in [4.78, 5) is 11.1. The summed E-state index contributed by atoms with van der Waals surface area (Å²) >= 11 is 0. The molecular formula is C14H14N2O2. The molecule has 0 aromatic heterocycles. The van der Waals surface area contributed by atoms with Crippen molar-refractivity contribution in [2.45, 2.75) is 0 Å². The lowest BCUT2D eigenvalue weighted by Crippen LogP contribution is -1.95. The molecule has 4 N–H and O–H groups in total. The highest BCUT2D eigenvalue weighted by molar-refractivity contribution is 5.91. The average Bonchev–Trinajstić information content (AvgIpc) is 2.38. The zero-order chi connectivity index (χ0) is 13.1. The summed E-state index contributed by atoms with van der Waals surface area (Å²) in [5.41, 5.74) is 14.6. The maximum absolute atomic E-state index is 11.1. The number of anilines is 2. The van der Waals surface area contributed by atoms with Gasteiger partial charge in [0, 0.05) is 28.6 Å². The number of carbonyl (C=O) groups is 1. The van der Waals surface area contributed by atoms with Gasteiger partial charge in [0.2, 0.25) is 0 Å². The molecule has 0 radical (unpaired) electrons. The van der Waals surface area contributed by atoms with E-state index in [1.807, 2.05) is 6.07 Å². The molecule has 0 heterocycles. The summed E-state index contributed by atoms with van der Waals surface area (Å²) in [5.74, 6) is 0.628. The van der Waals surface area contributed by atoms with Crippen molar-refractivity contribution in [2.24, 2.45) is 0 Å². The van der Waals surface area contributed by atoms with Crippen LogP contribution < -0.4 is 16.2 Å². The fourth-order valence-electron chi connectivity index (χ4n) is 1.85. The smallest absolute Gasteiger partial charge is 0.150 e. The number of rotatable bonds is 3. The quantitative estimate of drug-likeness (QED) is 0.639. The second kappa shape index (κ2) is 4.79. The number of nitrogen functional groups attached to an aromatic ring is 2. The van der Waals surface area contributed by atoms with Gasteiger partial charge in [-0.05, 0) is 29.8 Å². The Bertz CT molecular complexity index is 594. The molecular weight excluding hydrogens is 228 g/mol. The van der Waals surface area contributed by atoms with Crippen LogP contribution in [-0.2, 0) is 0 Å². The molecule has 0 bridgehead atoms. The number of methoxy groups -OCH3 is 1. The van der Waals surface area contributed by atoms with E-state index in [4.69, 9.17) is 16.2 Å². The molecule has 2 rings (SSSR count). The largest absolute Gasteiger partial charge is 0.496 e. The van der Waals surface area contributed by atoms with Crippen LogP contribution in [0.25, 0.3) is 11.1 Å². The van der Waals surface area contributed by atoms with E-state index in [-0.39, 0.29) is 0 Å². The molecule has 18 heavy (non-hydrogen) atoms. The van der Waals surface area contributed by atoms with Crippen LogP contribution >= 0.6 is 0 Å². The van der Waals surface area contributed by atoms with Crippen molar-refractivity contribution in [3.63, 3.8) is 0 Å². The minimum atomic E-state index is 0.526. The van der Waals surface area contributed by atoms with Crippen molar-refractivity contribution in [2.75, 3.05) is 18.6 Å². The van der Waals surface area contributed by atoms with Gasteiger partial charge in [0.1, 0.15) is 5.75 Å². The first-order valence-corrected chi connectivity index (χ1v) is 5.44. The number of aldehydes is 1. The SMILES string of the molecule is COc1cc(N)ccc1-c1ccc(N)cc1C=O. The number of nitrogens with two attached hydrogens (primary N) is 2. The van der Waals surface area contributed by atoms with Crippen molar-refractivity contribution in [1.29, 1.82) is 0 Å². The monoisotopic (exact) mass is 242 g/mol. The third-order valence-corrected chi connectivity index (χ3v) is 2.72. The van der Waals surface area contributed by atoms with E-state index in [1.54, 1.807) is 37.4 Å². The van der Waals surface area contributed by atoms with Crippen molar-refractivity contribution in [3.8, 4) is 16.9 Å². The third kappa shape index (κ3) is 2.13. The zero-order valence-electron chi connectivity index (χ0n) is 10.0. The van der Waals surface area contributed by atoms with E-state index in [0.29, 0.717) is 22.7 Å². The number of hydrogen-bond donors (Lipinski definition) is 2. The molecule has 0 atom stereocenters. The van der Waals surface area contributed by atoms with Gasteiger partial charge >= 0.3 is 0 Å². The number of carbonyl (C=O) groups excluding carboxylic acids is 1. The Morgan fingerprint density at radius 1 is 1.00 bits per heavy atom. The molecule has 0 saturated heterocycles. The van der Waals surface area contributed by atoms with E-state index in [9.17, 15) is 4.79 Å². The van der Waals surface area contributed by atoms with Crippen molar-refractivity contribution in [3.05, 3.63) is 42.0 Å². The minimum absolute atomic E-state index is 0.526. The maximum Gasteiger partial charge on any atom is 0.150 e. The average molecular weight is 242 g/mol. The first-order valence-electron chi connectivity index (χ1n) is 5.44. The molecule has 0 aliphatic heterocycles. The molecule has 0 fully saturated rings. The van der Waals surface area contributed by atoms with Crippen LogP contribution in [0.15, 0.2) is 36.4 Å². The Balaban J connectivity index is 2.65. The molecule has 2 aromatic rings. The van der Waals surface area contributed by atoms with Gasteiger partial charge in [0.05, 0.1) is 7.11 Å². The molecule has 0 unspecified atom stereocenters. The molecule has 0 aliphatic rings. The van der Waals surface area contributed by atoms with Crippen LogP contribution in [-0.4, -0.2) is 13.4 Å². The second-order valence-corrected chi connectivity index (χ2v) is 3.92. The Morgan fingerprint density at radius 2 is 1.61 bits per heavy atom. The summed E-state index contributed by atoms with van der Waals surface area (Å²) in [6, 6.07) is 10.5. The van der Waals surface area contributed by atoms with Crippen LogP contribution in [0.3, 0.4) is 0 Å². The number of ether oxygens (including phenoxy) is 1. The van der Waals surface area contributed by atoms with Crippen LogP contribution in [0.5, 0.6) is 5.75 Å². The zero-order valence-corrected chi connectivity index (χ0v) is 10.0. The van der Waals surface area contributed by atoms with Crippen LogP contribution in [0.2, 0.25) is 0 Å². The predicted molar refractivity (Wildman–Crippen MR) is 72.6 cm³/mol. The molecule has 0 amide bonds. The lowest BCUT2D eigenvalue weighted by molar-refractivity contribution is 0.112. The lowest BCUT2D eigenvalue weighted by Gasteiger charge is -2.11. The third-order valence-electron chi connectivity index (χ3n) is 2.72. The summed E-state index contributed by atoms with van der Waals surface area (Å²) in [6.07, 6.45) is 0.779. The maximum atomic E-state index is 11.1. The fourth-order valence-corrected chi connectivity index (χ4v) is 1.85. The highest BCUT2D eigenvalue weighted by Gasteiger charge is 2.10. The molecule has 0 saturated carbocycles. The number of hydrogen-bond acceptors (Lipinski definition) is 4. The number of benzene rings is 2. The molecule has 2 aromatic carbocycles. The Morgan fingerprint density at radius 3 is 2.22 bits per heavy atom. The fraction of sp³-hybridized carbons (Fsp3) is 0.0714. The Kier molecular flexibility index (Phi) is 3.19. The Labute approximate surface area is 105 Å². The van der Waals surface area contributed by atoms with Crippen LogP contribution in [0, 0.1) is 0 Å². The minimum Gasteiger partial charge on any atom is -0.496 e. The van der Waals surface area contributed by atoms with Crippen molar-refractivity contribution < 1.29 is 9.53 Å². The Hall–Kier alpha value is -2.49. The first kappa shape index (κ1) is 12.0. The van der Waals surface area contributed by atoms with Gasteiger partial charge in [-0.3, -0.25) is 4.79 Å². The van der Waals surface area contributed by atoms with Gasteiger partial charge < -0.3 is 16.2 Å². The lowest BCUT2D eigenvalue weighted by atomic mass is 9.98. The van der Waals surface area contributed by atoms with E-state index >= 15 is 0 Å². The van der Waals surface area contributed by atoms with E-state index < -0.39 is 0 Å². The second-order valence-electron chi connectivity index (χ2n) is 3.92. The van der Waals surface area contributed by atoms with Gasteiger partial charge in [-0.2, -0.15) is 0 Å². The van der Waals surface area contributed by atoms with Crippen molar-refractivity contribution >= 4 is 17.7 Å². The van der Waals surface area contributed by atoms with E-state index in [1.165, 1.54) is 0 Å². The summed E-state index contributed by atoms with van der Waals surface area (Å²) in [7, 11) is 1.57. The highest BCUT2D eigenvalue weighted by atomic mass is 16.5. The van der Waals surface area contributed by atoms with Crippen molar-refractivity contribution in [1.82, 2.24) is 0 Å². The molecule has 4 nitrogen and oxygen atoms in total. The van der Waals surface area contributed by atoms with Gasteiger partial charge in [0.15, 0.2) is 6.29 Å². The van der Waals surface area contributed by atoms with Gasteiger partial charge in [-0.1, -0.05) is 6.07 Å². The highest BCUT2D eigenvalue weighted by Crippen LogP contribution is 2.34. The van der Waals surface area contributed by atoms with Crippen LogP contribution in [0.1, 0.15) is 10.4 Å². The normalized spacial score (nSPS) is 10.1. The molecule has 4 heteroatoms. The first-order chi connectivity index (χ1) is 8.65. The van der Waals surface area contributed by atoms with Gasteiger partial charge in [0.25, 0.3) is 0 Å². The molecule has 0 aliphatic carbocycles. The van der Waals surface area contributed by atoms with E-state index in [0.717, 1.165) is 17.4 Å². The van der Waals surface area contributed by atoms with Gasteiger partial charge in [-0.15, -0.1) is 0 Å². The summed E-state index contributed by atoms with van der Waals surface area (Å²) in [5, 5.41) is 0. The summed E-state index contributed by atoms with van der Waals surface area (Å²) < 4.78 is 5.28. The van der Waals surface area contributed by atoms with Crippen LogP contribution in [0.4, 0.5) is 11.4 Å². The van der Waals surface area contributed by atoms with E-state index in [2.05, 4.69) is 0 Å². The van der Waals surface area contributed by atoms with Gasteiger partial charge in [-0.25, -0.2) is 0 Å².